The van der Waals surface area contributed by atoms with Gasteiger partial charge in [-0.3, -0.25) is 10.1 Å². The maximum absolute atomic E-state index is 12.5. The van der Waals surface area contributed by atoms with Gasteiger partial charge in [0.15, 0.2) is 0 Å². The van der Waals surface area contributed by atoms with Gasteiger partial charge in [-0.2, -0.15) is 4.98 Å². The van der Waals surface area contributed by atoms with Gasteiger partial charge in [0.25, 0.3) is 17.7 Å². The highest BCUT2D eigenvalue weighted by molar-refractivity contribution is 6.05. The third kappa shape index (κ3) is 4.00. The Balaban J connectivity index is 1.73. The Kier molecular flexibility index (Phi) is 5.48. The highest BCUT2D eigenvalue weighted by Gasteiger charge is 2.16. The SMILES string of the molecule is CCCOc1ccccc1C(=O)Nc1noc(-c2ccc(OC)cc2)n1. The quantitative estimate of drug-likeness (QED) is 0.695. The average Bonchev–Trinajstić information content (AvgIpc) is 3.15. The second kappa shape index (κ2) is 8.15. The number of amides is 1. The van der Waals surface area contributed by atoms with Gasteiger partial charge in [0, 0.05) is 5.56 Å². The first-order chi connectivity index (χ1) is 12.7. The van der Waals surface area contributed by atoms with Gasteiger partial charge in [0.05, 0.1) is 19.3 Å². The molecular weight excluding hydrogens is 334 g/mol. The van der Waals surface area contributed by atoms with Gasteiger partial charge < -0.3 is 14.0 Å². The second-order valence-corrected chi connectivity index (χ2v) is 5.45. The molecule has 0 aliphatic heterocycles. The van der Waals surface area contributed by atoms with Crippen LogP contribution in [0.4, 0.5) is 5.95 Å². The summed E-state index contributed by atoms with van der Waals surface area (Å²) < 4.78 is 15.9. The van der Waals surface area contributed by atoms with E-state index in [-0.39, 0.29) is 11.9 Å². The molecule has 7 heteroatoms. The number of aromatic nitrogens is 2. The van der Waals surface area contributed by atoms with Gasteiger partial charge in [-0.15, -0.1) is 0 Å². The number of nitrogens with zero attached hydrogens (tertiary/aromatic N) is 2. The van der Waals surface area contributed by atoms with E-state index in [4.69, 9.17) is 14.0 Å². The van der Waals surface area contributed by atoms with Crippen LogP contribution >= 0.6 is 0 Å². The number of methoxy groups -OCH3 is 1. The predicted molar refractivity (Wildman–Crippen MR) is 96.5 cm³/mol. The van der Waals surface area contributed by atoms with Crippen molar-refractivity contribution in [2.45, 2.75) is 13.3 Å². The summed E-state index contributed by atoms with van der Waals surface area (Å²) in [5, 5.41) is 6.43. The van der Waals surface area contributed by atoms with Crippen molar-refractivity contribution in [3.05, 3.63) is 54.1 Å². The summed E-state index contributed by atoms with van der Waals surface area (Å²) in [4.78, 5) is 16.7. The molecule has 0 spiro atoms. The number of rotatable bonds is 7. The number of nitrogens with one attached hydrogen (secondary N) is 1. The van der Waals surface area contributed by atoms with Crippen LogP contribution in [0.2, 0.25) is 0 Å². The Morgan fingerprint density at radius 1 is 1.15 bits per heavy atom. The molecule has 1 heterocycles. The lowest BCUT2D eigenvalue weighted by molar-refractivity contribution is 0.102. The topological polar surface area (TPSA) is 86.5 Å². The lowest BCUT2D eigenvalue weighted by Gasteiger charge is -2.09. The number of hydrogen-bond donors (Lipinski definition) is 1. The van der Waals surface area contributed by atoms with Gasteiger partial charge in [-0.1, -0.05) is 19.1 Å². The Bertz CT molecular complexity index is 875. The minimum Gasteiger partial charge on any atom is -0.497 e. The summed E-state index contributed by atoms with van der Waals surface area (Å²) in [5.41, 5.74) is 1.14. The maximum atomic E-state index is 12.5. The molecule has 1 amide bonds. The van der Waals surface area contributed by atoms with Crippen LogP contribution in [0.1, 0.15) is 23.7 Å². The molecule has 1 N–H and O–H groups in total. The smallest absolute Gasteiger partial charge is 0.270 e. The lowest BCUT2D eigenvalue weighted by Crippen LogP contribution is -2.14. The molecule has 26 heavy (non-hydrogen) atoms. The van der Waals surface area contributed by atoms with Crippen molar-refractivity contribution in [1.29, 1.82) is 0 Å². The van der Waals surface area contributed by atoms with E-state index in [1.807, 2.05) is 13.0 Å². The fourth-order valence-corrected chi connectivity index (χ4v) is 2.29. The van der Waals surface area contributed by atoms with E-state index in [0.29, 0.717) is 23.8 Å². The van der Waals surface area contributed by atoms with Crippen LogP contribution in [0.15, 0.2) is 53.1 Å². The van der Waals surface area contributed by atoms with Crippen molar-refractivity contribution in [3.63, 3.8) is 0 Å². The van der Waals surface area contributed by atoms with E-state index in [2.05, 4.69) is 15.5 Å². The molecule has 3 aromatic rings. The first-order valence-corrected chi connectivity index (χ1v) is 8.22. The van der Waals surface area contributed by atoms with Crippen LogP contribution in [-0.2, 0) is 0 Å². The summed E-state index contributed by atoms with van der Waals surface area (Å²) in [6.07, 6.45) is 0.853. The van der Waals surface area contributed by atoms with Gasteiger partial charge in [-0.25, -0.2) is 0 Å². The molecule has 0 fully saturated rings. The number of anilines is 1. The summed E-state index contributed by atoms with van der Waals surface area (Å²) in [6.45, 7) is 2.54. The third-order valence-corrected chi connectivity index (χ3v) is 3.58. The Labute approximate surface area is 150 Å². The van der Waals surface area contributed by atoms with Gasteiger partial charge in [0.2, 0.25) is 0 Å². The van der Waals surface area contributed by atoms with Crippen LogP contribution in [0.5, 0.6) is 11.5 Å². The molecule has 0 saturated heterocycles. The van der Waals surface area contributed by atoms with Gasteiger partial charge in [0.1, 0.15) is 11.5 Å². The van der Waals surface area contributed by atoms with Crippen LogP contribution in [-0.4, -0.2) is 29.8 Å². The summed E-state index contributed by atoms with van der Waals surface area (Å²) in [5.74, 6) is 1.28. The van der Waals surface area contributed by atoms with Crippen LogP contribution in [0.25, 0.3) is 11.5 Å². The minimum atomic E-state index is -0.362. The summed E-state index contributed by atoms with van der Waals surface area (Å²) in [6, 6.07) is 14.2. The normalized spacial score (nSPS) is 10.4. The molecule has 0 aliphatic rings. The molecule has 0 atom stereocenters. The van der Waals surface area contributed by atoms with Gasteiger partial charge >= 0.3 is 0 Å². The van der Waals surface area contributed by atoms with E-state index in [1.165, 1.54) is 0 Å². The summed E-state index contributed by atoms with van der Waals surface area (Å²) in [7, 11) is 1.59. The van der Waals surface area contributed by atoms with Crippen LogP contribution in [0.3, 0.4) is 0 Å². The van der Waals surface area contributed by atoms with Crippen molar-refractivity contribution >= 4 is 11.9 Å². The van der Waals surface area contributed by atoms with Crippen molar-refractivity contribution in [2.75, 3.05) is 19.0 Å². The molecule has 2 aromatic carbocycles. The minimum absolute atomic E-state index is 0.0890. The van der Waals surface area contributed by atoms with Crippen molar-refractivity contribution in [1.82, 2.24) is 10.1 Å². The number of hydrogen-bond acceptors (Lipinski definition) is 6. The van der Waals surface area contributed by atoms with E-state index < -0.39 is 0 Å². The highest BCUT2D eigenvalue weighted by Crippen LogP contribution is 2.23. The third-order valence-electron chi connectivity index (χ3n) is 3.58. The number of para-hydroxylation sites is 1. The second-order valence-electron chi connectivity index (χ2n) is 5.45. The standard InChI is InChI=1S/C19H19N3O4/c1-3-12-25-16-7-5-4-6-15(16)17(23)20-19-21-18(26-22-19)13-8-10-14(24-2)11-9-13/h4-11H,3,12H2,1-2H3,(H,20,22,23). The van der Waals surface area contributed by atoms with Gasteiger partial charge in [-0.05, 0) is 48.0 Å². The Hall–Kier alpha value is -3.35. The van der Waals surface area contributed by atoms with E-state index in [9.17, 15) is 4.79 Å². The van der Waals surface area contributed by atoms with E-state index in [0.717, 1.165) is 17.7 Å². The van der Waals surface area contributed by atoms with E-state index in [1.54, 1.807) is 49.6 Å². The first-order valence-electron chi connectivity index (χ1n) is 8.22. The molecule has 0 radical (unpaired) electrons. The first kappa shape index (κ1) is 17.5. The zero-order chi connectivity index (χ0) is 18.4. The van der Waals surface area contributed by atoms with Crippen molar-refractivity contribution < 1.29 is 18.8 Å². The highest BCUT2D eigenvalue weighted by atomic mass is 16.5. The molecule has 0 saturated carbocycles. The Morgan fingerprint density at radius 3 is 2.65 bits per heavy atom. The lowest BCUT2D eigenvalue weighted by atomic mass is 10.2. The van der Waals surface area contributed by atoms with E-state index >= 15 is 0 Å². The molecule has 0 bridgehead atoms. The molecule has 134 valence electrons. The van der Waals surface area contributed by atoms with Crippen LogP contribution in [0, 0.1) is 0 Å². The number of carbonyl (C=O) groups is 1. The molecule has 0 aliphatic carbocycles. The number of carbonyl (C=O) groups excluding carboxylic acids is 1. The van der Waals surface area contributed by atoms with Crippen LogP contribution < -0.4 is 14.8 Å². The molecule has 7 nitrogen and oxygen atoms in total. The zero-order valence-corrected chi connectivity index (χ0v) is 14.6. The zero-order valence-electron chi connectivity index (χ0n) is 14.6. The predicted octanol–water partition coefficient (Wildman–Crippen LogP) is 3.79. The largest absolute Gasteiger partial charge is 0.497 e. The fourth-order valence-electron chi connectivity index (χ4n) is 2.29. The summed E-state index contributed by atoms with van der Waals surface area (Å²) >= 11 is 0. The van der Waals surface area contributed by atoms with Crippen molar-refractivity contribution in [3.8, 4) is 23.0 Å². The monoisotopic (exact) mass is 353 g/mol. The average molecular weight is 353 g/mol. The number of ether oxygens (including phenoxy) is 2. The molecular formula is C19H19N3O4. The molecule has 3 rings (SSSR count). The number of benzene rings is 2. The molecule has 0 unspecified atom stereocenters. The maximum Gasteiger partial charge on any atom is 0.270 e. The fraction of sp³-hybridized carbons (Fsp3) is 0.211. The van der Waals surface area contributed by atoms with Crippen molar-refractivity contribution in [2.24, 2.45) is 0 Å². The Morgan fingerprint density at radius 2 is 1.92 bits per heavy atom. The molecule has 1 aromatic heterocycles.